The first kappa shape index (κ1) is 53.5. The monoisotopic (exact) mass is 1150 g/mol. The standard InChI is InChI=1S/C81H73BN2S2/c1-77(2,3)51-32-35-53(36-33-51)84-68-46-63-56(57-43-64-65(45-62(57)81(63,11)12)80(9,10)39-38-79(64,7)8)41-58(68)59-42-60-54-30-22-23-31-70(54)85-76(60)74-73(59)82(84)66-47-71-61(72(49-26-18-14-19-27-49)75(86-71)50-28-20-15-21-29-50)44-69(66)83(74)67-37-34-52(78(4,5)6)40-55(67)48-24-16-13-17-25-48/h13-37,40-47H,38-39H2,1-12H3. The average molecular weight is 1150 g/mol. The van der Waals surface area contributed by atoms with Gasteiger partial charge in [0.25, 0.3) is 0 Å². The Hall–Kier alpha value is -7.96. The third kappa shape index (κ3) is 7.89. The Bertz CT molecular complexity index is 4800. The maximum absolute atomic E-state index is 2.79. The molecule has 0 radical (unpaired) electrons. The summed E-state index contributed by atoms with van der Waals surface area (Å²) in [4.78, 5) is 6.83. The van der Waals surface area contributed by atoms with Crippen LogP contribution in [0.5, 0.6) is 0 Å². The van der Waals surface area contributed by atoms with Gasteiger partial charge in [-0.3, -0.25) is 0 Å². The second-order valence-electron chi connectivity index (χ2n) is 29.1. The van der Waals surface area contributed by atoms with Crippen LogP contribution in [-0.4, -0.2) is 6.85 Å². The predicted molar refractivity (Wildman–Crippen MR) is 375 cm³/mol. The van der Waals surface area contributed by atoms with E-state index in [1.807, 2.05) is 22.7 Å². The minimum atomic E-state index is -0.244. The number of hydrogen-bond donors (Lipinski definition) is 0. The zero-order chi connectivity index (χ0) is 59.1. The van der Waals surface area contributed by atoms with Crippen molar-refractivity contribution in [1.29, 1.82) is 0 Å². The predicted octanol–water partition coefficient (Wildman–Crippen LogP) is 22.2. The molecule has 0 fully saturated rings. The summed E-state index contributed by atoms with van der Waals surface area (Å²) in [5.74, 6) is 0. The number of rotatable bonds is 5. The number of nitrogens with zero attached hydrogens (tertiary/aromatic N) is 2. The smallest absolute Gasteiger partial charge is 0.333 e. The molecule has 16 rings (SSSR count). The molecule has 422 valence electrons. The Morgan fingerprint density at radius 2 is 1.01 bits per heavy atom. The van der Waals surface area contributed by atoms with Crippen molar-refractivity contribution in [2.45, 2.75) is 123 Å². The molecule has 2 nitrogen and oxygen atoms in total. The zero-order valence-electron chi connectivity index (χ0n) is 51.8. The molecule has 5 heteroatoms. The molecule has 0 saturated carbocycles. The van der Waals surface area contributed by atoms with Gasteiger partial charge in [-0.1, -0.05) is 217 Å². The number of thiophene rings is 2. The number of anilines is 5. The second kappa shape index (κ2) is 18.5. The van der Waals surface area contributed by atoms with E-state index in [0.29, 0.717) is 0 Å². The molecule has 2 aliphatic carbocycles. The minimum Gasteiger partial charge on any atom is -0.376 e. The van der Waals surface area contributed by atoms with Crippen molar-refractivity contribution < 1.29 is 0 Å². The Morgan fingerprint density at radius 1 is 0.419 bits per heavy atom. The van der Waals surface area contributed by atoms with Crippen molar-refractivity contribution >= 4 is 99.1 Å². The summed E-state index contributed by atoms with van der Waals surface area (Å²) in [6, 6.07) is 78.2. The Morgan fingerprint density at radius 3 is 1.69 bits per heavy atom. The highest BCUT2D eigenvalue weighted by Crippen LogP contribution is 2.60. The molecular weight excluding hydrogens is 1080 g/mol. The summed E-state index contributed by atoms with van der Waals surface area (Å²) in [6.45, 7) is 28.8. The molecule has 0 N–H and O–H groups in total. The molecule has 0 amide bonds. The van der Waals surface area contributed by atoms with E-state index >= 15 is 0 Å². The van der Waals surface area contributed by atoms with Gasteiger partial charge < -0.3 is 9.71 Å². The largest absolute Gasteiger partial charge is 0.376 e. The lowest BCUT2D eigenvalue weighted by Gasteiger charge is -2.46. The highest BCUT2D eigenvalue weighted by atomic mass is 32.1. The molecule has 0 unspecified atom stereocenters. The van der Waals surface area contributed by atoms with E-state index in [4.69, 9.17) is 0 Å². The fraction of sp³-hybridized carbons (Fsp3) is 0.235. The summed E-state index contributed by atoms with van der Waals surface area (Å²) in [7, 11) is 0. The molecule has 12 aromatic rings. The topological polar surface area (TPSA) is 6.48 Å². The molecule has 0 atom stereocenters. The van der Waals surface area contributed by atoms with Crippen LogP contribution in [0.15, 0.2) is 200 Å². The molecule has 2 aromatic heterocycles. The van der Waals surface area contributed by atoms with Crippen LogP contribution in [0, 0.1) is 0 Å². The van der Waals surface area contributed by atoms with E-state index in [9.17, 15) is 0 Å². The molecule has 86 heavy (non-hydrogen) atoms. The van der Waals surface area contributed by atoms with Crippen LogP contribution in [-0.2, 0) is 27.1 Å². The van der Waals surface area contributed by atoms with Crippen molar-refractivity contribution in [3.05, 3.63) is 234 Å². The number of hydrogen-bond acceptors (Lipinski definition) is 4. The quantitative estimate of drug-likeness (QED) is 0.159. The van der Waals surface area contributed by atoms with Crippen LogP contribution >= 0.6 is 22.7 Å². The van der Waals surface area contributed by atoms with Crippen molar-refractivity contribution in [1.82, 2.24) is 0 Å². The lowest BCUT2D eigenvalue weighted by Crippen LogP contribution is -2.61. The fourth-order valence-corrected chi connectivity index (χ4v) is 17.9. The number of benzene rings is 10. The average Bonchev–Trinajstić information content (AvgIpc) is 1.23. The maximum atomic E-state index is 2.79. The van der Waals surface area contributed by atoms with Crippen LogP contribution in [0.1, 0.15) is 129 Å². The van der Waals surface area contributed by atoms with Gasteiger partial charge in [0.1, 0.15) is 0 Å². The van der Waals surface area contributed by atoms with Crippen molar-refractivity contribution in [3.63, 3.8) is 0 Å². The highest BCUT2D eigenvalue weighted by molar-refractivity contribution is 7.26. The van der Waals surface area contributed by atoms with Gasteiger partial charge in [-0.25, -0.2) is 0 Å². The zero-order valence-corrected chi connectivity index (χ0v) is 53.4. The summed E-state index contributed by atoms with van der Waals surface area (Å²) in [6.07, 6.45) is 2.37. The molecule has 0 bridgehead atoms. The van der Waals surface area contributed by atoms with E-state index in [-0.39, 0.29) is 33.9 Å². The summed E-state index contributed by atoms with van der Waals surface area (Å²) >= 11 is 3.90. The van der Waals surface area contributed by atoms with Gasteiger partial charge in [-0.05, 0) is 179 Å². The first-order valence-electron chi connectivity index (χ1n) is 31.1. The van der Waals surface area contributed by atoms with Crippen molar-refractivity contribution in [2.75, 3.05) is 9.71 Å². The Kier molecular flexibility index (Phi) is 11.5. The molecule has 10 aromatic carbocycles. The van der Waals surface area contributed by atoms with Gasteiger partial charge in [-0.15, -0.1) is 22.7 Å². The van der Waals surface area contributed by atoms with E-state index in [1.54, 1.807) is 0 Å². The SMILES string of the molecule is CC(C)(C)c1ccc(N2B3c4cc5sc(-c6ccccc6)c(-c6ccccc6)c5cc4N(c4ccc(C(C)(C)C)cc4-c4ccccc4)c4c3c(cc3c4sc4ccccc43)-c3cc4c(cc32)C(C)(C)c2cc3c(cc2-4)C(C)(C)CCC3(C)C)cc1. The van der Waals surface area contributed by atoms with Crippen LogP contribution < -0.4 is 20.6 Å². The third-order valence-corrected chi connectivity index (χ3v) is 22.8. The first-order chi connectivity index (χ1) is 41.2. The van der Waals surface area contributed by atoms with Gasteiger partial charge in [-0.2, -0.15) is 0 Å². The normalized spacial score (nSPS) is 16.0. The highest BCUT2D eigenvalue weighted by Gasteiger charge is 2.50. The van der Waals surface area contributed by atoms with Crippen LogP contribution in [0.3, 0.4) is 0 Å². The van der Waals surface area contributed by atoms with E-state index < -0.39 is 0 Å². The minimum absolute atomic E-state index is 0.0154. The van der Waals surface area contributed by atoms with Gasteiger partial charge >= 0.3 is 6.85 Å². The number of fused-ring (bicyclic) bond motifs is 13. The van der Waals surface area contributed by atoms with Crippen molar-refractivity contribution in [2.24, 2.45) is 0 Å². The summed E-state index contributed by atoms with van der Waals surface area (Å²) in [5.41, 5.74) is 28.7. The van der Waals surface area contributed by atoms with Gasteiger partial charge in [0, 0.05) is 69.6 Å². The Labute approximate surface area is 516 Å². The van der Waals surface area contributed by atoms with Crippen LogP contribution in [0.2, 0.25) is 0 Å². The lowest BCUT2D eigenvalue weighted by atomic mass is 9.43. The molecule has 0 spiro atoms. The Balaban J connectivity index is 1.09. The molecule has 2 aliphatic heterocycles. The summed E-state index contributed by atoms with van der Waals surface area (Å²) < 4.78 is 3.90. The van der Waals surface area contributed by atoms with Crippen LogP contribution in [0.4, 0.5) is 28.4 Å². The third-order valence-electron chi connectivity index (χ3n) is 20.4. The van der Waals surface area contributed by atoms with E-state index in [2.05, 4.69) is 293 Å². The van der Waals surface area contributed by atoms with Gasteiger partial charge in [0.15, 0.2) is 0 Å². The second-order valence-corrected chi connectivity index (χ2v) is 31.2. The van der Waals surface area contributed by atoms with E-state index in [1.165, 1.54) is 171 Å². The lowest BCUT2D eigenvalue weighted by molar-refractivity contribution is 0.331. The summed E-state index contributed by atoms with van der Waals surface area (Å²) in [5, 5.41) is 3.88. The maximum Gasteiger partial charge on any atom is 0.333 e. The van der Waals surface area contributed by atoms with Gasteiger partial charge in [0.05, 0.1) is 16.1 Å². The van der Waals surface area contributed by atoms with E-state index in [0.717, 1.165) is 0 Å². The van der Waals surface area contributed by atoms with Crippen molar-refractivity contribution in [3.8, 4) is 54.9 Å². The first-order valence-corrected chi connectivity index (χ1v) is 32.8. The fourth-order valence-electron chi connectivity index (χ4n) is 15.5. The molecular formula is C81H73BN2S2. The molecule has 4 heterocycles. The van der Waals surface area contributed by atoms with Crippen LogP contribution in [0.25, 0.3) is 85.2 Å². The molecule has 0 saturated heterocycles. The van der Waals surface area contributed by atoms with Gasteiger partial charge in [0.2, 0.25) is 0 Å². The molecule has 4 aliphatic rings.